The second-order valence-corrected chi connectivity index (χ2v) is 4.46. The summed E-state index contributed by atoms with van der Waals surface area (Å²) in [4.78, 5) is 16.0. The monoisotopic (exact) mass is 262 g/mol. The Hall–Kier alpha value is -1.88. The Bertz CT molecular complexity index is 456. The van der Waals surface area contributed by atoms with E-state index in [1.165, 1.54) is 6.20 Å². The molecule has 1 aliphatic carbocycles. The zero-order valence-electron chi connectivity index (χ0n) is 10.9. The Labute approximate surface area is 112 Å². The van der Waals surface area contributed by atoms with Crippen molar-refractivity contribution in [2.45, 2.75) is 19.4 Å². The van der Waals surface area contributed by atoms with Crippen molar-refractivity contribution in [2.24, 2.45) is 5.92 Å². The summed E-state index contributed by atoms with van der Waals surface area (Å²) >= 11 is 0. The first kappa shape index (κ1) is 13.5. The van der Waals surface area contributed by atoms with Crippen molar-refractivity contribution in [3.8, 4) is 5.88 Å². The maximum Gasteiger partial charge on any atom is 0.253 e. The average Bonchev–Trinajstić information content (AvgIpc) is 2.87. The van der Waals surface area contributed by atoms with Gasteiger partial charge < -0.3 is 15.2 Å². The summed E-state index contributed by atoms with van der Waals surface area (Å²) in [5.74, 6) is 0.493. The van der Waals surface area contributed by atoms with Crippen molar-refractivity contribution in [3.63, 3.8) is 0 Å². The van der Waals surface area contributed by atoms with E-state index in [-0.39, 0.29) is 24.5 Å². The van der Waals surface area contributed by atoms with Crippen LogP contribution in [-0.4, -0.2) is 35.3 Å². The molecular formula is C14H18N2O3. The van der Waals surface area contributed by atoms with Crippen LogP contribution in [0.25, 0.3) is 0 Å². The summed E-state index contributed by atoms with van der Waals surface area (Å²) in [6, 6.07) is 3.35. The number of hydrogen-bond donors (Lipinski definition) is 2. The summed E-state index contributed by atoms with van der Waals surface area (Å²) in [7, 11) is 0. The highest BCUT2D eigenvalue weighted by Crippen LogP contribution is 2.17. The minimum Gasteiger partial charge on any atom is -0.478 e. The molecule has 5 heteroatoms. The molecule has 0 spiro atoms. The van der Waals surface area contributed by atoms with Crippen LogP contribution in [0.3, 0.4) is 0 Å². The molecule has 2 N–H and O–H groups in total. The first-order valence-electron chi connectivity index (χ1n) is 6.41. The lowest BCUT2D eigenvalue weighted by Gasteiger charge is -2.12. The summed E-state index contributed by atoms with van der Waals surface area (Å²) in [6.07, 6.45) is 6.09. The molecule has 0 saturated carbocycles. The van der Waals surface area contributed by atoms with Gasteiger partial charge >= 0.3 is 0 Å². The van der Waals surface area contributed by atoms with Crippen LogP contribution >= 0.6 is 0 Å². The van der Waals surface area contributed by atoms with E-state index < -0.39 is 0 Å². The Morgan fingerprint density at radius 3 is 2.95 bits per heavy atom. The van der Waals surface area contributed by atoms with E-state index >= 15 is 0 Å². The number of aromatic nitrogens is 1. The molecule has 2 atom stereocenters. The molecule has 0 fully saturated rings. The number of carbonyl (C=O) groups excluding carboxylic acids is 1. The third kappa shape index (κ3) is 3.54. The van der Waals surface area contributed by atoms with Gasteiger partial charge in [-0.05, 0) is 19.4 Å². The summed E-state index contributed by atoms with van der Waals surface area (Å²) < 4.78 is 5.22. The molecule has 2 rings (SSSR count). The maximum atomic E-state index is 12.0. The molecule has 19 heavy (non-hydrogen) atoms. The van der Waals surface area contributed by atoms with E-state index in [2.05, 4.69) is 10.3 Å². The van der Waals surface area contributed by atoms with Gasteiger partial charge in [-0.15, -0.1) is 0 Å². The summed E-state index contributed by atoms with van der Waals surface area (Å²) in [5.41, 5.74) is 0.504. The van der Waals surface area contributed by atoms with Crippen molar-refractivity contribution in [3.05, 3.63) is 36.0 Å². The fourth-order valence-electron chi connectivity index (χ4n) is 2.02. The number of nitrogens with one attached hydrogen (secondary N) is 1. The van der Waals surface area contributed by atoms with Crippen LogP contribution in [0.2, 0.25) is 0 Å². The molecule has 0 bridgehead atoms. The van der Waals surface area contributed by atoms with Gasteiger partial charge in [-0.3, -0.25) is 4.79 Å². The first-order chi connectivity index (χ1) is 9.22. The number of ether oxygens (including phenoxy) is 1. The van der Waals surface area contributed by atoms with Gasteiger partial charge in [-0.1, -0.05) is 12.2 Å². The van der Waals surface area contributed by atoms with Crippen molar-refractivity contribution < 1.29 is 14.6 Å². The number of rotatable bonds is 5. The van der Waals surface area contributed by atoms with Crippen LogP contribution in [0.4, 0.5) is 0 Å². The Kier molecular flexibility index (Phi) is 4.52. The predicted molar refractivity (Wildman–Crippen MR) is 71.0 cm³/mol. The molecule has 0 saturated heterocycles. The maximum absolute atomic E-state index is 12.0. The van der Waals surface area contributed by atoms with E-state index in [1.807, 2.05) is 19.1 Å². The van der Waals surface area contributed by atoms with Gasteiger partial charge in [-0.25, -0.2) is 4.98 Å². The predicted octanol–water partition coefficient (Wildman–Crippen LogP) is 1.15. The normalized spacial score (nSPS) is 21.4. The third-order valence-electron chi connectivity index (χ3n) is 3.01. The number of amides is 1. The zero-order chi connectivity index (χ0) is 13.7. The largest absolute Gasteiger partial charge is 0.478 e. The van der Waals surface area contributed by atoms with Crippen LogP contribution in [-0.2, 0) is 0 Å². The van der Waals surface area contributed by atoms with E-state index in [0.29, 0.717) is 18.1 Å². The highest BCUT2D eigenvalue weighted by atomic mass is 16.5. The Morgan fingerprint density at radius 2 is 2.37 bits per heavy atom. The minimum atomic E-state index is -0.163. The average molecular weight is 262 g/mol. The Balaban J connectivity index is 1.91. The minimum absolute atomic E-state index is 0.0174. The lowest BCUT2D eigenvalue weighted by Crippen LogP contribution is -2.32. The van der Waals surface area contributed by atoms with Crippen molar-refractivity contribution in [2.75, 3.05) is 13.2 Å². The van der Waals surface area contributed by atoms with Gasteiger partial charge in [0.15, 0.2) is 0 Å². The van der Waals surface area contributed by atoms with E-state index in [9.17, 15) is 4.79 Å². The zero-order valence-corrected chi connectivity index (χ0v) is 10.9. The molecule has 0 unspecified atom stereocenters. The van der Waals surface area contributed by atoms with Crippen molar-refractivity contribution in [1.82, 2.24) is 10.3 Å². The smallest absolute Gasteiger partial charge is 0.253 e. The number of aliphatic hydroxyl groups excluding tert-OH is 1. The van der Waals surface area contributed by atoms with Crippen LogP contribution < -0.4 is 10.1 Å². The van der Waals surface area contributed by atoms with E-state index in [0.717, 1.165) is 6.42 Å². The number of pyridine rings is 1. The molecule has 1 amide bonds. The molecule has 102 valence electrons. The molecular weight excluding hydrogens is 244 g/mol. The first-order valence-corrected chi connectivity index (χ1v) is 6.41. The molecule has 1 aliphatic rings. The highest BCUT2D eigenvalue weighted by molar-refractivity contribution is 5.94. The molecule has 1 aromatic heterocycles. The highest BCUT2D eigenvalue weighted by Gasteiger charge is 2.20. The summed E-state index contributed by atoms with van der Waals surface area (Å²) in [5, 5.41) is 11.9. The molecule has 0 aromatic carbocycles. The van der Waals surface area contributed by atoms with Gasteiger partial charge in [0, 0.05) is 30.8 Å². The molecule has 1 aromatic rings. The van der Waals surface area contributed by atoms with Crippen molar-refractivity contribution >= 4 is 5.91 Å². The van der Waals surface area contributed by atoms with Gasteiger partial charge in [-0.2, -0.15) is 0 Å². The molecule has 0 radical (unpaired) electrons. The van der Waals surface area contributed by atoms with Gasteiger partial charge in [0.2, 0.25) is 5.88 Å². The quantitative estimate of drug-likeness (QED) is 0.781. The Morgan fingerprint density at radius 1 is 1.53 bits per heavy atom. The molecule has 1 heterocycles. The van der Waals surface area contributed by atoms with Crippen LogP contribution in [0.5, 0.6) is 5.88 Å². The molecule has 5 nitrogen and oxygen atoms in total. The van der Waals surface area contributed by atoms with E-state index in [4.69, 9.17) is 9.84 Å². The van der Waals surface area contributed by atoms with Crippen LogP contribution in [0.15, 0.2) is 30.5 Å². The lowest BCUT2D eigenvalue weighted by molar-refractivity contribution is 0.0940. The van der Waals surface area contributed by atoms with E-state index in [1.54, 1.807) is 12.1 Å². The lowest BCUT2D eigenvalue weighted by atomic mass is 10.1. The topological polar surface area (TPSA) is 71.5 Å². The van der Waals surface area contributed by atoms with Gasteiger partial charge in [0.1, 0.15) is 0 Å². The van der Waals surface area contributed by atoms with Gasteiger partial charge in [0.05, 0.1) is 12.2 Å². The second-order valence-electron chi connectivity index (χ2n) is 4.46. The summed E-state index contributed by atoms with van der Waals surface area (Å²) in [6.45, 7) is 2.55. The standard InChI is InChI=1S/C14H18N2O3/c1-2-19-13-6-4-11(8-15-13)14(18)16-12-5-3-10(7-12)9-17/h3-6,8,10,12,17H,2,7,9H2,1H3,(H,16,18)/t10-,12+/m0/s1. The van der Waals surface area contributed by atoms with Crippen molar-refractivity contribution in [1.29, 1.82) is 0 Å². The third-order valence-corrected chi connectivity index (χ3v) is 3.01. The fraction of sp³-hybridized carbons (Fsp3) is 0.429. The van der Waals surface area contributed by atoms with Crippen LogP contribution in [0.1, 0.15) is 23.7 Å². The number of nitrogens with zero attached hydrogens (tertiary/aromatic N) is 1. The fourth-order valence-corrected chi connectivity index (χ4v) is 2.02. The number of aliphatic hydroxyl groups is 1. The number of hydrogen-bond acceptors (Lipinski definition) is 4. The van der Waals surface area contributed by atoms with Gasteiger partial charge in [0.25, 0.3) is 5.91 Å². The molecule has 0 aliphatic heterocycles. The van der Waals surface area contributed by atoms with Crippen LogP contribution in [0, 0.1) is 5.92 Å². The SMILES string of the molecule is CCOc1ccc(C(=O)N[C@@H]2C=C[C@H](CO)C2)cn1. The second kappa shape index (κ2) is 6.33. The number of carbonyl (C=O) groups is 1.